The van der Waals surface area contributed by atoms with Gasteiger partial charge in [0.25, 0.3) is 0 Å². The summed E-state index contributed by atoms with van der Waals surface area (Å²) in [5.74, 6) is 0. The van der Waals surface area contributed by atoms with Crippen molar-refractivity contribution in [1.82, 2.24) is 0 Å². The highest BCUT2D eigenvalue weighted by Gasteiger charge is 2.13. The minimum atomic E-state index is -5.02. The topological polar surface area (TPSA) is 127 Å². The summed E-state index contributed by atoms with van der Waals surface area (Å²) >= 11 is 0. The van der Waals surface area contributed by atoms with Gasteiger partial charge in [0.1, 0.15) is 0 Å². The van der Waals surface area contributed by atoms with Gasteiger partial charge in [-0.2, -0.15) is 16.8 Å². The van der Waals surface area contributed by atoms with Crippen LogP contribution < -0.4 is 0 Å². The van der Waals surface area contributed by atoms with Gasteiger partial charge in [-0.05, 0) is 0 Å². The summed E-state index contributed by atoms with van der Waals surface area (Å²) in [7, 11) is -10.0. The van der Waals surface area contributed by atoms with Crippen LogP contribution >= 0.6 is 24.8 Å². The standard InChI is InChI=1S/2ClH.H2O8S2/c;;1-9(2,3)7-8-10(4,5)6/h2*1H;(H,1,2,3)(H,4,5,6). The predicted octanol–water partition coefficient (Wildman–Crippen LogP) is -0.616. The minimum Gasteiger partial charge on any atom is -0.262 e. The van der Waals surface area contributed by atoms with Crippen LogP contribution in [0.5, 0.6) is 0 Å². The van der Waals surface area contributed by atoms with Crippen LogP contribution in [0.4, 0.5) is 0 Å². The van der Waals surface area contributed by atoms with E-state index >= 15 is 0 Å². The van der Waals surface area contributed by atoms with E-state index in [-0.39, 0.29) is 24.8 Å². The third-order valence-electron chi connectivity index (χ3n) is 0.200. The molecule has 0 aliphatic rings. The van der Waals surface area contributed by atoms with E-state index in [1.165, 1.54) is 0 Å². The number of hydrogen-bond donors (Lipinski definition) is 2. The molecule has 0 atom stereocenters. The molecule has 0 aromatic rings. The molecule has 2 N–H and O–H groups in total. The van der Waals surface area contributed by atoms with Crippen LogP contribution in [0.3, 0.4) is 0 Å². The second kappa shape index (κ2) is 5.88. The van der Waals surface area contributed by atoms with Gasteiger partial charge in [-0.3, -0.25) is 9.11 Å². The quantitative estimate of drug-likeness (QED) is 0.393. The van der Waals surface area contributed by atoms with Crippen molar-refractivity contribution in [3.05, 3.63) is 0 Å². The molecule has 0 unspecified atom stereocenters. The van der Waals surface area contributed by atoms with Crippen LogP contribution in [-0.4, -0.2) is 25.9 Å². The Morgan fingerprint density at radius 2 is 0.917 bits per heavy atom. The summed E-state index contributed by atoms with van der Waals surface area (Å²) in [4.78, 5) is 0. The van der Waals surface area contributed by atoms with Crippen LogP contribution in [0, 0.1) is 0 Å². The highest BCUT2D eigenvalue weighted by Crippen LogP contribution is 1.92. The lowest BCUT2D eigenvalue weighted by Crippen LogP contribution is -2.10. The van der Waals surface area contributed by atoms with Crippen molar-refractivity contribution in [2.45, 2.75) is 0 Å². The van der Waals surface area contributed by atoms with E-state index in [2.05, 4.69) is 8.67 Å². The molecule has 12 heteroatoms. The molecule has 0 aromatic heterocycles. The third kappa shape index (κ3) is 16.7. The molecule has 0 aliphatic heterocycles. The van der Waals surface area contributed by atoms with Crippen LogP contribution in [0.1, 0.15) is 0 Å². The molecule has 8 nitrogen and oxygen atoms in total. The Balaban J connectivity index is -0.000000405. The van der Waals surface area contributed by atoms with E-state index in [1.807, 2.05) is 0 Å². The molecular weight excluding hydrogens is 263 g/mol. The summed E-state index contributed by atoms with van der Waals surface area (Å²) in [6.07, 6.45) is 0. The van der Waals surface area contributed by atoms with Gasteiger partial charge in [-0.1, -0.05) is 8.67 Å². The van der Waals surface area contributed by atoms with Gasteiger partial charge in [0.15, 0.2) is 0 Å². The first-order chi connectivity index (χ1) is 4.21. The molecule has 0 bridgehead atoms. The lowest BCUT2D eigenvalue weighted by Gasteiger charge is -1.92. The molecule has 0 radical (unpaired) electrons. The van der Waals surface area contributed by atoms with E-state index < -0.39 is 20.8 Å². The third-order valence-corrected chi connectivity index (χ3v) is 0.766. The van der Waals surface area contributed by atoms with E-state index in [9.17, 15) is 16.8 Å². The maximum atomic E-state index is 9.51. The van der Waals surface area contributed by atoms with E-state index in [4.69, 9.17) is 9.11 Å². The van der Waals surface area contributed by atoms with E-state index in [1.54, 1.807) is 0 Å². The maximum absolute atomic E-state index is 9.51. The molecular formula is H4Cl2O8S2. The average Bonchev–Trinajstić information content (AvgIpc) is 1.57. The largest absolute Gasteiger partial charge is 0.425 e. The number of rotatable bonds is 3. The summed E-state index contributed by atoms with van der Waals surface area (Å²) in [5, 5.41) is 0. The van der Waals surface area contributed by atoms with Crippen molar-refractivity contribution >= 4 is 45.6 Å². The zero-order chi connectivity index (χ0) is 8.41. The Kier molecular flexibility index (Phi) is 8.90. The van der Waals surface area contributed by atoms with Crippen LogP contribution in [0.25, 0.3) is 0 Å². The van der Waals surface area contributed by atoms with Crippen molar-refractivity contribution < 1.29 is 34.6 Å². The highest BCUT2D eigenvalue weighted by molar-refractivity contribution is 7.83. The molecule has 0 heterocycles. The Morgan fingerprint density at radius 1 is 0.750 bits per heavy atom. The summed E-state index contributed by atoms with van der Waals surface area (Å²) in [6.45, 7) is 0. The van der Waals surface area contributed by atoms with Gasteiger partial charge >= 0.3 is 20.8 Å². The first kappa shape index (κ1) is 18.2. The van der Waals surface area contributed by atoms with Gasteiger partial charge in [-0.25, -0.2) is 0 Å². The average molecular weight is 267 g/mol. The molecule has 78 valence electrons. The molecule has 0 aromatic carbocycles. The summed E-state index contributed by atoms with van der Waals surface area (Å²) < 4.78 is 58.9. The van der Waals surface area contributed by atoms with Gasteiger partial charge < -0.3 is 0 Å². The normalized spacial score (nSPS) is 11.2. The molecule has 0 amide bonds. The van der Waals surface area contributed by atoms with Gasteiger partial charge in [0.2, 0.25) is 0 Å². The molecule has 12 heavy (non-hydrogen) atoms. The molecule has 0 saturated heterocycles. The van der Waals surface area contributed by atoms with Crippen molar-refractivity contribution in [3.63, 3.8) is 0 Å². The number of halogens is 2. The fourth-order valence-corrected chi connectivity index (χ4v) is 0.632. The first-order valence-electron chi connectivity index (χ1n) is 1.53. The molecule has 0 spiro atoms. The van der Waals surface area contributed by atoms with Crippen LogP contribution in [0.2, 0.25) is 0 Å². The SMILES string of the molecule is Cl.Cl.O=S(=O)(O)OOS(=O)(=O)O. The molecule has 0 saturated carbocycles. The molecule has 0 aliphatic carbocycles. The van der Waals surface area contributed by atoms with Crippen molar-refractivity contribution in [2.24, 2.45) is 0 Å². The predicted molar refractivity (Wildman–Crippen MR) is 39.8 cm³/mol. The van der Waals surface area contributed by atoms with Gasteiger partial charge in [0, 0.05) is 0 Å². The lowest BCUT2D eigenvalue weighted by molar-refractivity contribution is -0.105. The fourth-order valence-electron chi connectivity index (χ4n) is 0.0702. The maximum Gasteiger partial charge on any atom is 0.425 e. The smallest absolute Gasteiger partial charge is 0.262 e. The van der Waals surface area contributed by atoms with Gasteiger partial charge in [0.05, 0.1) is 0 Å². The van der Waals surface area contributed by atoms with E-state index in [0.717, 1.165) is 0 Å². The Morgan fingerprint density at radius 3 is 1.00 bits per heavy atom. The second-order valence-electron chi connectivity index (χ2n) is 0.992. The van der Waals surface area contributed by atoms with Crippen molar-refractivity contribution in [3.8, 4) is 0 Å². The molecule has 0 fully saturated rings. The summed E-state index contributed by atoms with van der Waals surface area (Å²) in [6, 6.07) is 0. The second-order valence-corrected chi connectivity index (χ2v) is 2.97. The summed E-state index contributed by atoms with van der Waals surface area (Å²) in [5.41, 5.74) is 0. The van der Waals surface area contributed by atoms with Crippen molar-refractivity contribution in [1.29, 1.82) is 0 Å². The first-order valence-corrected chi connectivity index (χ1v) is 4.26. The Hall–Kier alpha value is 0.320. The zero-order valence-corrected chi connectivity index (χ0v) is 8.24. The van der Waals surface area contributed by atoms with Crippen LogP contribution in [-0.2, 0) is 29.5 Å². The zero-order valence-electron chi connectivity index (χ0n) is 4.98. The van der Waals surface area contributed by atoms with Crippen LogP contribution in [0.15, 0.2) is 0 Å². The Bertz CT molecular complexity index is 251. The number of hydrogen-bond acceptors (Lipinski definition) is 6. The highest BCUT2D eigenvalue weighted by atomic mass is 35.5. The minimum absolute atomic E-state index is 0. The van der Waals surface area contributed by atoms with Crippen molar-refractivity contribution in [2.75, 3.05) is 0 Å². The monoisotopic (exact) mass is 266 g/mol. The van der Waals surface area contributed by atoms with Gasteiger partial charge in [-0.15, -0.1) is 24.8 Å². The lowest BCUT2D eigenvalue weighted by atomic mass is 14.9. The fraction of sp³-hybridized carbons (Fsp3) is 0. The Labute approximate surface area is 80.5 Å². The van der Waals surface area contributed by atoms with E-state index in [0.29, 0.717) is 0 Å². The molecule has 0 rings (SSSR count).